The Morgan fingerprint density at radius 1 is 1.08 bits per heavy atom. The minimum atomic E-state index is -0.876. The fourth-order valence-corrected chi connectivity index (χ4v) is 5.57. The molecule has 3 aromatic heterocycles. The number of hydrogen-bond acceptors (Lipinski definition) is 8. The molecule has 38 heavy (non-hydrogen) atoms. The van der Waals surface area contributed by atoms with Gasteiger partial charge in [-0.25, -0.2) is 9.97 Å². The van der Waals surface area contributed by atoms with Gasteiger partial charge in [-0.05, 0) is 44.0 Å². The molecule has 1 aliphatic rings. The van der Waals surface area contributed by atoms with Crippen LogP contribution in [0.15, 0.2) is 61.3 Å². The van der Waals surface area contributed by atoms with E-state index in [1.165, 1.54) is 11.9 Å². The van der Waals surface area contributed by atoms with E-state index in [2.05, 4.69) is 54.9 Å². The van der Waals surface area contributed by atoms with Gasteiger partial charge in [0, 0.05) is 45.5 Å². The number of nitrogens with zero attached hydrogens (tertiary/aromatic N) is 6. The second-order valence-electron chi connectivity index (χ2n) is 10.1. The molecule has 1 aliphatic carbocycles. The van der Waals surface area contributed by atoms with Crippen LogP contribution in [0.3, 0.4) is 0 Å². The standard InChI is InChI=1S/C28H38N8O2/c1-29-27-23-10-14-36(28(23)32-19-31-27)24-15-21(25(37)26(24)38)17-35(22-16-33-34(2)18-22)13-6-11-30-12-9-20-7-4-3-5-8-20/h3-5,7-8,10,14,16,18-19,21,24-26,30,37-38H,6,9,11-13,15,17H2,1-2H3,(H,29,31,32)/t21-,24-,25-,26+/m1/s1. The van der Waals surface area contributed by atoms with Crippen molar-refractivity contribution in [2.75, 3.05) is 43.4 Å². The number of anilines is 2. The predicted molar refractivity (Wildman–Crippen MR) is 149 cm³/mol. The van der Waals surface area contributed by atoms with Gasteiger partial charge >= 0.3 is 0 Å². The number of aliphatic hydroxyl groups is 2. The molecule has 0 aliphatic heterocycles. The highest BCUT2D eigenvalue weighted by Crippen LogP contribution is 2.38. The smallest absolute Gasteiger partial charge is 0.145 e. The number of aliphatic hydroxyl groups excluding tert-OH is 2. The first kappa shape index (κ1) is 26.1. The molecule has 4 aromatic rings. The molecule has 3 heterocycles. The van der Waals surface area contributed by atoms with E-state index < -0.39 is 12.2 Å². The molecule has 1 saturated carbocycles. The molecule has 5 rings (SSSR count). The van der Waals surface area contributed by atoms with E-state index in [-0.39, 0.29) is 12.0 Å². The highest BCUT2D eigenvalue weighted by atomic mass is 16.3. The van der Waals surface area contributed by atoms with Crippen LogP contribution >= 0.6 is 0 Å². The molecule has 0 radical (unpaired) electrons. The Bertz CT molecular complexity index is 1310. The fraction of sp³-hybridized carbons (Fsp3) is 0.464. The van der Waals surface area contributed by atoms with Gasteiger partial charge in [0.1, 0.15) is 23.9 Å². The van der Waals surface area contributed by atoms with Crippen molar-refractivity contribution in [3.05, 3.63) is 66.9 Å². The van der Waals surface area contributed by atoms with Gasteiger partial charge in [0.2, 0.25) is 0 Å². The lowest BCUT2D eigenvalue weighted by Gasteiger charge is -2.28. The quantitative estimate of drug-likeness (QED) is 0.211. The maximum absolute atomic E-state index is 11.1. The van der Waals surface area contributed by atoms with E-state index in [0.717, 1.165) is 55.0 Å². The van der Waals surface area contributed by atoms with Crippen LogP contribution in [-0.2, 0) is 13.5 Å². The normalized spacial score (nSPS) is 21.3. The Morgan fingerprint density at radius 3 is 2.68 bits per heavy atom. The van der Waals surface area contributed by atoms with E-state index in [9.17, 15) is 10.2 Å². The van der Waals surface area contributed by atoms with Gasteiger partial charge in [-0.15, -0.1) is 0 Å². The number of fused-ring (bicyclic) bond motifs is 1. The SMILES string of the molecule is CNc1ncnc2c1ccn2[C@@H]1C[C@H](CN(CCCNCCc2ccccc2)c2cnn(C)c2)[C@@H](O)[C@H]1O. The zero-order valence-electron chi connectivity index (χ0n) is 22.1. The van der Waals surface area contributed by atoms with Crippen molar-refractivity contribution in [3.8, 4) is 0 Å². The summed E-state index contributed by atoms with van der Waals surface area (Å²) in [5.41, 5.74) is 3.12. The minimum Gasteiger partial charge on any atom is -0.390 e. The fourth-order valence-electron chi connectivity index (χ4n) is 5.57. The summed E-state index contributed by atoms with van der Waals surface area (Å²) in [6.45, 7) is 3.32. The number of aromatic nitrogens is 5. The monoisotopic (exact) mass is 518 g/mol. The number of rotatable bonds is 12. The van der Waals surface area contributed by atoms with Crippen LogP contribution in [-0.4, -0.2) is 80.0 Å². The third kappa shape index (κ3) is 5.67. The Labute approximate surface area is 223 Å². The molecule has 202 valence electrons. The Kier molecular flexibility index (Phi) is 8.21. The van der Waals surface area contributed by atoms with Crippen LogP contribution in [0.25, 0.3) is 11.0 Å². The van der Waals surface area contributed by atoms with Crippen LogP contribution in [0.1, 0.15) is 24.4 Å². The summed E-state index contributed by atoms with van der Waals surface area (Å²) in [4.78, 5) is 11.0. The third-order valence-corrected chi connectivity index (χ3v) is 7.60. The molecule has 0 bridgehead atoms. The first-order valence-electron chi connectivity index (χ1n) is 13.4. The molecule has 10 nitrogen and oxygen atoms in total. The van der Waals surface area contributed by atoms with Gasteiger partial charge in [0.25, 0.3) is 0 Å². The summed E-state index contributed by atoms with van der Waals surface area (Å²) < 4.78 is 3.78. The molecule has 0 spiro atoms. The Hall–Kier alpha value is -3.47. The molecule has 1 aromatic carbocycles. The molecular weight excluding hydrogens is 480 g/mol. The van der Waals surface area contributed by atoms with Crippen molar-refractivity contribution in [2.24, 2.45) is 13.0 Å². The van der Waals surface area contributed by atoms with Crippen LogP contribution in [0.2, 0.25) is 0 Å². The lowest BCUT2D eigenvalue weighted by Crippen LogP contribution is -2.37. The van der Waals surface area contributed by atoms with Gasteiger partial charge in [-0.3, -0.25) is 4.68 Å². The molecule has 0 unspecified atom stereocenters. The topological polar surface area (TPSA) is 116 Å². The van der Waals surface area contributed by atoms with Gasteiger partial charge in [0.15, 0.2) is 0 Å². The summed E-state index contributed by atoms with van der Waals surface area (Å²) in [6.07, 6.45) is 8.25. The molecule has 4 atom stereocenters. The third-order valence-electron chi connectivity index (χ3n) is 7.60. The van der Waals surface area contributed by atoms with Crippen molar-refractivity contribution in [1.82, 2.24) is 29.6 Å². The van der Waals surface area contributed by atoms with E-state index >= 15 is 0 Å². The van der Waals surface area contributed by atoms with Crippen LogP contribution in [0.4, 0.5) is 11.5 Å². The number of benzene rings is 1. The zero-order chi connectivity index (χ0) is 26.5. The van der Waals surface area contributed by atoms with E-state index in [1.54, 1.807) is 4.68 Å². The molecule has 0 saturated heterocycles. The lowest BCUT2D eigenvalue weighted by atomic mass is 10.0. The van der Waals surface area contributed by atoms with E-state index in [4.69, 9.17) is 0 Å². The largest absolute Gasteiger partial charge is 0.390 e. The van der Waals surface area contributed by atoms with Crippen LogP contribution in [0.5, 0.6) is 0 Å². The van der Waals surface area contributed by atoms with Gasteiger partial charge in [-0.2, -0.15) is 5.10 Å². The highest BCUT2D eigenvalue weighted by Gasteiger charge is 2.43. The maximum Gasteiger partial charge on any atom is 0.145 e. The second-order valence-corrected chi connectivity index (χ2v) is 10.1. The molecular formula is C28H38N8O2. The average Bonchev–Trinajstić information content (AvgIpc) is 3.64. The van der Waals surface area contributed by atoms with E-state index in [1.807, 2.05) is 49.4 Å². The molecule has 4 N–H and O–H groups in total. The Balaban J connectivity index is 1.22. The van der Waals surface area contributed by atoms with E-state index in [0.29, 0.717) is 13.0 Å². The summed E-state index contributed by atoms with van der Waals surface area (Å²) in [6, 6.07) is 12.2. The van der Waals surface area contributed by atoms with Gasteiger partial charge in [0.05, 0.1) is 29.4 Å². The summed E-state index contributed by atoms with van der Waals surface area (Å²) in [7, 11) is 3.74. The van der Waals surface area contributed by atoms with Crippen molar-refractivity contribution in [1.29, 1.82) is 0 Å². The zero-order valence-corrected chi connectivity index (χ0v) is 22.1. The van der Waals surface area contributed by atoms with Gasteiger partial charge in [-0.1, -0.05) is 30.3 Å². The predicted octanol–water partition coefficient (Wildman–Crippen LogP) is 2.22. The van der Waals surface area contributed by atoms with Crippen molar-refractivity contribution in [2.45, 2.75) is 37.5 Å². The van der Waals surface area contributed by atoms with Crippen molar-refractivity contribution in [3.63, 3.8) is 0 Å². The lowest BCUT2D eigenvalue weighted by molar-refractivity contribution is 0.00792. The summed E-state index contributed by atoms with van der Waals surface area (Å²) in [5.74, 6) is 0.655. The molecule has 0 amide bonds. The average molecular weight is 519 g/mol. The molecule has 10 heteroatoms. The summed E-state index contributed by atoms with van der Waals surface area (Å²) in [5, 5.41) is 34.1. The number of aryl methyl sites for hydroxylation is 1. The number of nitrogens with one attached hydrogen (secondary N) is 2. The summed E-state index contributed by atoms with van der Waals surface area (Å²) >= 11 is 0. The van der Waals surface area contributed by atoms with Crippen molar-refractivity contribution < 1.29 is 10.2 Å². The minimum absolute atomic E-state index is 0.0932. The highest BCUT2D eigenvalue weighted by molar-refractivity contribution is 5.87. The van der Waals surface area contributed by atoms with Crippen molar-refractivity contribution >= 4 is 22.5 Å². The maximum atomic E-state index is 11.1. The number of hydrogen-bond donors (Lipinski definition) is 4. The Morgan fingerprint density at radius 2 is 1.92 bits per heavy atom. The first-order valence-corrected chi connectivity index (χ1v) is 13.4. The second kappa shape index (κ2) is 11.9. The molecule has 1 fully saturated rings. The van der Waals surface area contributed by atoms with Crippen LogP contribution < -0.4 is 15.5 Å². The van der Waals surface area contributed by atoms with Crippen LogP contribution in [0, 0.1) is 5.92 Å². The first-order chi connectivity index (χ1) is 18.5. The van der Waals surface area contributed by atoms with Gasteiger partial charge < -0.3 is 30.3 Å².